The molecular formula is C23H37N7. The van der Waals surface area contributed by atoms with Crippen molar-refractivity contribution in [3.8, 4) is 0 Å². The monoisotopic (exact) mass is 411 g/mol. The van der Waals surface area contributed by atoms with Gasteiger partial charge in [0.25, 0.3) is 0 Å². The molecule has 3 rings (SSSR count). The molecule has 2 aromatic rings. The average molecular weight is 412 g/mol. The molecule has 7 nitrogen and oxygen atoms in total. The number of nitrogens with zero attached hydrogens (tertiary/aromatic N) is 5. The predicted molar refractivity (Wildman–Crippen MR) is 122 cm³/mol. The second-order valence-corrected chi connectivity index (χ2v) is 8.16. The summed E-state index contributed by atoms with van der Waals surface area (Å²) >= 11 is 0. The Bertz CT molecular complexity index is 763. The van der Waals surface area contributed by atoms with Crippen LogP contribution in [0, 0.1) is 0 Å². The lowest BCUT2D eigenvalue weighted by atomic mass is 10.0. The lowest BCUT2D eigenvalue weighted by Gasteiger charge is -2.33. The van der Waals surface area contributed by atoms with Crippen molar-refractivity contribution < 1.29 is 0 Å². The van der Waals surface area contributed by atoms with E-state index in [0.29, 0.717) is 18.6 Å². The van der Waals surface area contributed by atoms with Crippen molar-refractivity contribution in [2.24, 2.45) is 4.99 Å². The highest BCUT2D eigenvalue weighted by Gasteiger charge is 2.20. The zero-order chi connectivity index (χ0) is 21.2. The molecule has 2 heterocycles. The summed E-state index contributed by atoms with van der Waals surface area (Å²) in [6, 6.07) is 11.6. The molecule has 0 bridgehead atoms. The SMILES string of the molecule is CCc1nncn1CCN=C(NC(C)CC)NC1CCN(Cc2ccccc2)CC1. The highest BCUT2D eigenvalue weighted by molar-refractivity contribution is 5.80. The molecule has 0 aliphatic carbocycles. The maximum absolute atomic E-state index is 4.85. The number of rotatable bonds is 9. The van der Waals surface area contributed by atoms with E-state index in [-0.39, 0.29) is 0 Å². The summed E-state index contributed by atoms with van der Waals surface area (Å²) in [5, 5.41) is 15.4. The zero-order valence-electron chi connectivity index (χ0n) is 18.7. The molecule has 0 saturated carbocycles. The number of aryl methyl sites for hydroxylation is 1. The summed E-state index contributed by atoms with van der Waals surface area (Å²) in [7, 11) is 0. The number of hydrogen-bond acceptors (Lipinski definition) is 4. The molecule has 164 valence electrons. The summed E-state index contributed by atoms with van der Waals surface area (Å²) in [4.78, 5) is 7.39. The third-order valence-corrected chi connectivity index (χ3v) is 5.80. The first-order valence-electron chi connectivity index (χ1n) is 11.4. The van der Waals surface area contributed by atoms with Crippen molar-refractivity contribution in [2.45, 2.75) is 71.6 Å². The quantitative estimate of drug-likeness (QED) is 0.490. The van der Waals surface area contributed by atoms with Crippen molar-refractivity contribution in [1.82, 2.24) is 30.3 Å². The second-order valence-electron chi connectivity index (χ2n) is 8.16. The molecule has 1 fully saturated rings. The van der Waals surface area contributed by atoms with Crippen LogP contribution in [0.3, 0.4) is 0 Å². The maximum atomic E-state index is 4.85. The molecule has 0 amide bonds. The second kappa shape index (κ2) is 11.7. The molecule has 30 heavy (non-hydrogen) atoms. The number of aromatic nitrogens is 3. The smallest absolute Gasteiger partial charge is 0.191 e. The van der Waals surface area contributed by atoms with Crippen LogP contribution in [0.4, 0.5) is 0 Å². The molecule has 0 radical (unpaired) electrons. The van der Waals surface area contributed by atoms with E-state index in [1.807, 2.05) is 0 Å². The molecule has 1 saturated heterocycles. The van der Waals surface area contributed by atoms with Gasteiger partial charge in [-0.2, -0.15) is 0 Å². The molecule has 1 aromatic heterocycles. The van der Waals surface area contributed by atoms with E-state index in [4.69, 9.17) is 4.99 Å². The third-order valence-electron chi connectivity index (χ3n) is 5.80. The Morgan fingerprint density at radius 1 is 1.20 bits per heavy atom. The van der Waals surface area contributed by atoms with Gasteiger partial charge >= 0.3 is 0 Å². The van der Waals surface area contributed by atoms with Crippen LogP contribution in [0.15, 0.2) is 41.7 Å². The number of hydrogen-bond donors (Lipinski definition) is 2. The standard InChI is InChI=1S/C23H37N7/c1-4-19(3)26-23(24-13-16-30-18-25-28-22(30)5-2)27-21-11-14-29(15-12-21)17-20-9-7-6-8-10-20/h6-10,18-19,21H,4-5,11-17H2,1-3H3,(H2,24,26,27). The van der Waals surface area contributed by atoms with Gasteiger partial charge in [0.1, 0.15) is 12.2 Å². The third kappa shape index (κ3) is 6.83. The van der Waals surface area contributed by atoms with Crippen molar-refractivity contribution >= 4 is 5.96 Å². The molecule has 1 aromatic carbocycles. The lowest BCUT2D eigenvalue weighted by molar-refractivity contribution is 0.198. The van der Waals surface area contributed by atoms with Gasteiger partial charge in [0, 0.05) is 44.7 Å². The number of benzene rings is 1. The minimum absolute atomic E-state index is 0.399. The van der Waals surface area contributed by atoms with Gasteiger partial charge < -0.3 is 15.2 Å². The van der Waals surface area contributed by atoms with Gasteiger partial charge in [0.15, 0.2) is 5.96 Å². The first kappa shape index (κ1) is 22.3. The normalized spacial score (nSPS) is 17.1. The van der Waals surface area contributed by atoms with Crippen LogP contribution in [0.5, 0.6) is 0 Å². The first-order chi connectivity index (χ1) is 14.7. The summed E-state index contributed by atoms with van der Waals surface area (Å²) in [5.41, 5.74) is 1.39. The summed E-state index contributed by atoms with van der Waals surface area (Å²) in [6.45, 7) is 11.3. The van der Waals surface area contributed by atoms with Gasteiger partial charge in [-0.25, -0.2) is 0 Å². The van der Waals surface area contributed by atoms with Gasteiger partial charge in [0.05, 0.1) is 6.54 Å². The highest BCUT2D eigenvalue weighted by atomic mass is 15.3. The minimum atomic E-state index is 0.399. The molecule has 7 heteroatoms. The van der Waals surface area contributed by atoms with E-state index in [2.05, 4.69) is 81.4 Å². The van der Waals surface area contributed by atoms with E-state index in [1.165, 1.54) is 5.56 Å². The fourth-order valence-corrected chi connectivity index (χ4v) is 3.75. The van der Waals surface area contributed by atoms with Crippen LogP contribution in [0.25, 0.3) is 0 Å². The number of guanidine groups is 1. The molecule has 2 N–H and O–H groups in total. The fraction of sp³-hybridized carbons (Fsp3) is 0.609. The lowest BCUT2D eigenvalue weighted by Crippen LogP contribution is -2.50. The first-order valence-corrected chi connectivity index (χ1v) is 11.4. The molecule has 1 atom stereocenters. The average Bonchev–Trinajstić information content (AvgIpc) is 3.23. The number of piperidine rings is 1. The Kier molecular flexibility index (Phi) is 8.68. The zero-order valence-corrected chi connectivity index (χ0v) is 18.7. The van der Waals surface area contributed by atoms with Crippen molar-refractivity contribution in [3.05, 3.63) is 48.0 Å². The van der Waals surface area contributed by atoms with Crippen molar-refractivity contribution in [1.29, 1.82) is 0 Å². The Morgan fingerprint density at radius 3 is 2.67 bits per heavy atom. The molecule has 1 aliphatic heterocycles. The number of likely N-dealkylation sites (tertiary alicyclic amines) is 1. The molecule has 1 unspecified atom stereocenters. The highest BCUT2D eigenvalue weighted by Crippen LogP contribution is 2.14. The van der Waals surface area contributed by atoms with Crippen LogP contribution >= 0.6 is 0 Å². The largest absolute Gasteiger partial charge is 0.354 e. The van der Waals surface area contributed by atoms with E-state index in [9.17, 15) is 0 Å². The Morgan fingerprint density at radius 2 is 1.97 bits per heavy atom. The van der Waals surface area contributed by atoms with Gasteiger partial charge in [-0.3, -0.25) is 9.89 Å². The minimum Gasteiger partial charge on any atom is -0.354 e. The van der Waals surface area contributed by atoms with Gasteiger partial charge in [-0.1, -0.05) is 44.2 Å². The van der Waals surface area contributed by atoms with Crippen LogP contribution in [0.1, 0.15) is 51.4 Å². The van der Waals surface area contributed by atoms with Crippen molar-refractivity contribution in [2.75, 3.05) is 19.6 Å². The van der Waals surface area contributed by atoms with Gasteiger partial charge in [0.2, 0.25) is 0 Å². The Balaban J connectivity index is 1.50. The summed E-state index contributed by atoms with van der Waals surface area (Å²) in [6.07, 6.45) is 6.04. The topological polar surface area (TPSA) is 70.4 Å². The summed E-state index contributed by atoms with van der Waals surface area (Å²) < 4.78 is 2.09. The van der Waals surface area contributed by atoms with Gasteiger partial charge in [-0.15, -0.1) is 10.2 Å². The van der Waals surface area contributed by atoms with E-state index >= 15 is 0 Å². The van der Waals surface area contributed by atoms with E-state index in [1.54, 1.807) is 6.33 Å². The Hall–Kier alpha value is -2.41. The summed E-state index contributed by atoms with van der Waals surface area (Å²) in [5.74, 6) is 1.94. The molecule has 1 aliphatic rings. The van der Waals surface area contributed by atoms with E-state index < -0.39 is 0 Å². The maximum Gasteiger partial charge on any atom is 0.191 e. The van der Waals surface area contributed by atoms with Crippen LogP contribution < -0.4 is 10.6 Å². The fourth-order valence-electron chi connectivity index (χ4n) is 3.75. The predicted octanol–water partition coefficient (Wildman–Crippen LogP) is 2.84. The van der Waals surface area contributed by atoms with Crippen molar-refractivity contribution in [3.63, 3.8) is 0 Å². The molecule has 0 spiro atoms. The van der Waals surface area contributed by atoms with Crippen LogP contribution in [-0.4, -0.2) is 57.3 Å². The number of nitrogens with one attached hydrogen (secondary N) is 2. The Labute approximate surface area is 181 Å². The van der Waals surface area contributed by atoms with Gasteiger partial charge in [-0.05, 0) is 31.7 Å². The number of aliphatic imine (C=N–C) groups is 1. The van der Waals surface area contributed by atoms with E-state index in [0.717, 1.165) is 63.6 Å². The van der Waals surface area contributed by atoms with Crippen LogP contribution in [0.2, 0.25) is 0 Å². The molecular weight excluding hydrogens is 374 g/mol. The van der Waals surface area contributed by atoms with Crippen LogP contribution in [-0.2, 0) is 19.5 Å².